The molecule has 3 aliphatic rings. The molecule has 0 radical (unpaired) electrons. The van der Waals surface area contributed by atoms with E-state index in [4.69, 9.17) is 21.6 Å². The van der Waals surface area contributed by atoms with Crippen LogP contribution in [-0.4, -0.2) is 77.1 Å². The van der Waals surface area contributed by atoms with Crippen LogP contribution < -0.4 is 37.5 Å². The number of benzene rings is 3. The molecule has 0 aromatic heterocycles. The van der Waals surface area contributed by atoms with Gasteiger partial charge in [-0.2, -0.15) is 0 Å². The first kappa shape index (κ1) is 38.8. The van der Waals surface area contributed by atoms with Gasteiger partial charge in [0.25, 0.3) is 17.7 Å². The number of hydrogen-bond acceptors (Lipinski definition) is 8. The van der Waals surface area contributed by atoms with E-state index in [1.165, 1.54) is 0 Å². The maximum Gasteiger partial charge on any atom is 0.262 e. The lowest BCUT2D eigenvalue weighted by Gasteiger charge is -2.24. The van der Waals surface area contributed by atoms with Crippen LogP contribution in [-0.2, 0) is 34.0 Å². The monoisotopic (exact) mass is 751 g/mol. The molecule has 3 aromatic rings. The van der Waals surface area contributed by atoms with E-state index in [0.29, 0.717) is 86.7 Å². The molecule has 6 rings (SSSR count). The fourth-order valence-corrected chi connectivity index (χ4v) is 6.69. The summed E-state index contributed by atoms with van der Waals surface area (Å²) in [7, 11) is 0. The number of anilines is 2. The molecule has 1 saturated carbocycles. The summed E-state index contributed by atoms with van der Waals surface area (Å²) in [6, 6.07) is 17.5. The Balaban J connectivity index is 0.918. The average molecular weight is 752 g/mol. The molecule has 1 atom stereocenters. The van der Waals surface area contributed by atoms with Gasteiger partial charge in [-0.3, -0.25) is 29.4 Å². The van der Waals surface area contributed by atoms with Crippen LogP contribution >= 0.6 is 0 Å². The van der Waals surface area contributed by atoms with E-state index in [-0.39, 0.29) is 48.1 Å². The Morgan fingerprint density at radius 3 is 2.42 bits per heavy atom. The van der Waals surface area contributed by atoms with Crippen molar-refractivity contribution < 1.29 is 28.7 Å². The van der Waals surface area contributed by atoms with Gasteiger partial charge in [-0.25, -0.2) is 0 Å². The Hall–Kier alpha value is -5.96. The van der Waals surface area contributed by atoms with E-state index in [1.807, 2.05) is 40.1 Å². The van der Waals surface area contributed by atoms with E-state index in [2.05, 4.69) is 21.3 Å². The van der Waals surface area contributed by atoms with Crippen molar-refractivity contribution in [3.8, 4) is 5.75 Å². The molecular weight excluding hydrogens is 702 g/mol. The lowest BCUT2D eigenvalue weighted by atomic mass is 10.1. The van der Waals surface area contributed by atoms with Crippen molar-refractivity contribution in [3.63, 3.8) is 0 Å². The van der Waals surface area contributed by atoms with Crippen molar-refractivity contribution in [1.29, 1.82) is 5.41 Å². The van der Waals surface area contributed by atoms with Crippen molar-refractivity contribution in [2.24, 2.45) is 11.5 Å². The molecule has 1 aliphatic carbocycles. The zero-order valence-electron chi connectivity index (χ0n) is 30.8. The number of hydrogen-bond donors (Lipinski definition) is 7. The highest BCUT2D eigenvalue weighted by molar-refractivity contribution is 6.04. The normalized spacial score (nSPS) is 14.8. The van der Waals surface area contributed by atoms with Crippen molar-refractivity contribution in [2.75, 3.05) is 30.3 Å². The third-order valence-corrected chi connectivity index (χ3v) is 9.93. The number of carbonyl (C=O) groups is 5. The summed E-state index contributed by atoms with van der Waals surface area (Å²) in [6.45, 7) is 2.31. The summed E-state index contributed by atoms with van der Waals surface area (Å²) in [4.78, 5) is 67.2. The summed E-state index contributed by atoms with van der Waals surface area (Å²) in [5, 5.41) is 18.4. The van der Waals surface area contributed by atoms with Gasteiger partial charge in [-0.05, 0) is 97.7 Å². The van der Waals surface area contributed by atoms with Gasteiger partial charge in [-0.15, -0.1) is 0 Å². The Morgan fingerprint density at radius 2 is 1.65 bits per heavy atom. The van der Waals surface area contributed by atoms with Crippen LogP contribution in [0.25, 0.3) is 0 Å². The summed E-state index contributed by atoms with van der Waals surface area (Å²) >= 11 is 0. The van der Waals surface area contributed by atoms with Gasteiger partial charge in [0.1, 0.15) is 5.75 Å². The van der Waals surface area contributed by atoms with Gasteiger partial charge in [0, 0.05) is 62.0 Å². The predicted octanol–water partition coefficient (Wildman–Crippen LogP) is 3.18. The number of ether oxygens (including phenoxy) is 1. The molecular formula is C40H49N9O6. The van der Waals surface area contributed by atoms with E-state index in [9.17, 15) is 24.0 Å². The first-order valence-electron chi connectivity index (χ1n) is 18.8. The average Bonchev–Trinajstić information content (AvgIpc) is 3.93. The number of unbranched alkanes of at least 4 members (excludes halogenated alkanes) is 2. The summed E-state index contributed by atoms with van der Waals surface area (Å²) in [5.74, 6) is -0.364. The lowest BCUT2D eigenvalue weighted by Crippen LogP contribution is -2.41. The van der Waals surface area contributed by atoms with Gasteiger partial charge in [0.05, 0.1) is 11.7 Å². The van der Waals surface area contributed by atoms with Crippen LogP contribution in [0.1, 0.15) is 88.8 Å². The third-order valence-electron chi connectivity index (χ3n) is 9.93. The Morgan fingerprint density at radius 1 is 0.909 bits per heavy atom. The smallest absolute Gasteiger partial charge is 0.262 e. The van der Waals surface area contributed by atoms with E-state index >= 15 is 0 Å². The summed E-state index contributed by atoms with van der Waals surface area (Å²) < 4.78 is 5.51. The second kappa shape index (κ2) is 17.9. The molecule has 290 valence electrons. The molecule has 2 aliphatic heterocycles. The second-order valence-corrected chi connectivity index (χ2v) is 14.3. The quantitative estimate of drug-likeness (QED) is 0.0610. The highest BCUT2D eigenvalue weighted by Gasteiger charge is 2.34. The summed E-state index contributed by atoms with van der Waals surface area (Å²) in [6.07, 6.45) is 5.66. The number of fused-ring (bicyclic) bond motifs is 2. The zero-order valence-corrected chi connectivity index (χ0v) is 30.8. The predicted molar refractivity (Wildman–Crippen MR) is 207 cm³/mol. The van der Waals surface area contributed by atoms with Crippen LogP contribution in [0.2, 0.25) is 0 Å². The number of nitrogens with zero attached hydrogens (tertiary/aromatic N) is 2. The molecule has 15 heteroatoms. The van der Waals surface area contributed by atoms with Crippen molar-refractivity contribution in [3.05, 3.63) is 88.5 Å². The zero-order chi connectivity index (χ0) is 38.9. The minimum atomic E-state index is -0.612. The minimum Gasteiger partial charge on any atom is -0.482 e. The first-order valence-corrected chi connectivity index (χ1v) is 18.8. The molecule has 5 amide bonds. The van der Waals surface area contributed by atoms with Crippen molar-refractivity contribution in [2.45, 2.75) is 83.1 Å². The molecule has 2 heterocycles. The largest absolute Gasteiger partial charge is 0.482 e. The third kappa shape index (κ3) is 10.6. The fraction of sp³-hybridized carbons (Fsp3) is 0.400. The number of nitrogens with two attached hydrogens (primary N) is 2. The maximum atomic E-state index is 13.5. The molecule has 3 aromatic carbocycles. The van der Waals surface area contributed by atoms with Gasteiger partial charge in [-0.1, -0.05) is 24.6 Å². The van der Waals surface area contributed by atoms with Gasteiger partial charge >= 0.3 is 0 Å². The molecule has 0 spiro atoms. The van der Waals surface area contributed by atoms with Crippen molar-refractivity contribution in [1.82, 2.24) is 20.4 Å². The summed E-state index contributed by atoms with van der Waals surface area (Å²) in [5.41, 5.74) is 16.3. The van der Waals surface area contributed by atoms with E-state index < -0.39 is 6.04 Å². The van der Waals surface area contributed by atoms with E-state index in [0.717, 1.165) is 42.4 Å². The number of rotatable bonds is 17. The molecule has 0 bridgehead atoms. The number of carbonyl (C=O) groups excluding carboxylic acids is 5. The molecule has 9 N–H and O–H groups in total. The second-order valence-electron chi connectivity index (χ2n) is 14.3. The topological polar surface area (TPSA) is 225 Å². The SMILES string of the molecule is N=C(N)NCCC[C@H](N)C(=O)NCCCCCC(=O)N1Cc2ccc(NC(=O)c3ccc(CN(C(=O)c4ccc5c(c4)OCC(=O)N5)C4CC4)cc3)cc2C1. The van der Waals surface area contributed by atoms with Crippen LogP contribution in [0.4, 0.5) is 11.4 Å². The molecule has 1 fully saturated rings. The standard InChI is InChI=1S/C40H49N9O6/c41-32(5-4-18-45-40(42)43)38(53)44-17-3-1-2-6-36(51)48-22-28-11-13-30(19-29(28)23-48)46-37(52)26-9-7-25(8-10-26)21-49(31-14-15-31)39(54)27-12-16-33-34(20-27)55-24-35(50)47-33/h7-13,16,19-20,31-32H,1-6,14-15,17-18,21-24,41H2,(H,44,53)(H,46,52)(H,47,50)(H4,42,43,45)/t32-/m0/s1. The minimum absolute atomic E-state index is 0.0701. The fourth-order valence-electron chi connectivity index (χ4n) is 6.69. The van der Waals surface area contributed by atoms with Gasteiger partial charge in [0.15, 0.2) is 12.6 Å². The molecule has 0 saturated heterocycles. The number of amides is 5. The highest BCUT2D eigenvalue weighted by Crippen LogP contribution is 2.33. The molecule has 0 unspecified atom stereocenters. The maximum absolute atomic E-state index is 13.5. The van der Waals surface area contributed by atoms with Crippen LogP contribution in [0.3, 0.4) is 0 Å². The van der Waals surface area contributed by atoms with Crippen LogP contribution in [0.15, 0.2) is 60.7 Å². The van der Waals surface area contributed by atoms with Crippen molar-refractivity contribution >= 4 is 46.9 Å². The van der Waals surface area contributed by atoms with Gasteiger partial charge in [0.2, 0.25) is 11.8 Å². The highest BCUT2D eigenvalue weighted by atomic mass is 16.5. The molecule has 55 heavy (non-hydrogen) atoms. The Bertz CT molecular complexity index is 1930. The van der Waals surface area contributed by atoms with E-state index in [1.54, 1.807) is 30.3 Å². The first-order chi connectivity index (χ1) is 26.5. The Kier molecular flexibility index (Phi) is 12.6. The van der Waals surface area contributed by atoms with Gasteiger partial charge < -0.3 is 47.3 Å². The Labute approximate surface area is 320 Å². The molecule has 15 nitrogen and oxygen atoms in total. The van der Waals surface area contributed by atoms with Crippen LogP contribution in [0.5, 0.6) is 5.75 Å². The number of nitrogens with one attached hydrogen (secondary N) is 5. The number of guanidine groups is 1. The lowest BCUT2D eigenvalue weighted by molar-refractivity contribution is -0.132. The van der Waals surface area contributed by atoms with Crippen LogP contribution in [0, 0.1) is 5.41 Å².